The first-order chi connectivity index (χ1) is 9.72. The molecule has 0 aliphatic heterocycles. The lowest BCUT2D eigenvalue weighted by Gasteiger charge is -2.13. The van der Waals surface area contributed by atoms with Crippen LogP contribution in [0.4, 0.5) is 0 Å². The molecule has 1 aliphatic rings. The molecular weight excluding hydrogens is 256 g/mol. The van der Waals surface area contributed by atoms with Gasteiger partial charge in [-0.1, -0.05) is 0 Å². The van der Waals surface area contributed by atoms with E-state index in [9.17, 15) is 4.79 Å². The first-order valence-electron chi connectivity index (χ1n) is 7.02. The van der Waals surface area contributed by atoms with Crippen LogP contribution in [-0.2, 0) is 11.3 Å². The molecule has 0 spiro atoms. The molecule has 1 aromatic carbocycles. The van der Waals surface area contributed by atoms with Gasteiger partial charge < -0.3 is 20.1 Å². The zero-order valence-corrected chi connectivity index (χ0v) is 12.1. The van der Waals surface area contributed by atoms with Crippen molar-refractivity contribution in [1.82, 2.24) is 10.6 Å². The van der Waals surface area contributed by atoms with Gasteiger partial charge in [0.1, 0.15) is 11.5 Å². The van der Waals surface area contributed by atoms with Crippen LogP contribution in [0.25, 0.3) is 0 Å². The van der Waals surface area contributed by atoms with Crippen molar-refractivity contribution in [3.05, 3.63) is 23.8 Å². The molecule has 0 aromatic heterocycles. The minimum absolute atomic E-state index is 0.0383. The van der Waals surface area contributed by atoms with E-state index in [1.807, 2.05) is 25.1 Å². The van der Waals surface area contributed by atoms with Crippen LogP contribution in [0.15, 0.2) is 18.2 Å². The third kappa shape index (κ3) is 4.42. The van der Waals surface area contributed by atoms with Crippen molar-refractivity contribution in [2.24, 2.45) is 0 Å². The summed E-state index contributed by atoms with van der Waals surface area (Å²) >= 11 is 0. The average molecular weight is 278 g/mol. The molecule has 0 saturated heterocycles. The number of hydrogen-bond acceptors (Lipinski definition) is 4. The van der Waals surface area contributed by atoms with Crippen LogP contribution in [0.2, 0.25) is 0 Å². The summed E-state index contributed by atoms with van der Waals surface area (Å²) < 4.78 is 10.8. The van der Waals surface area contributed by atoms with Crippen LogP contribution < -0.4 is 20.1 Å². The second kappa shape index (κ2) is 7.14. The highest BCUT2D eigenvalue weighted by molar-refractivity contribution is 5.77. The summed E-state index contributed by atoms with van der Waals surface area (Å²) in [6.07, 6.45) is 2.47. The summed E-state index contributed by atoms with van der Waals surface area (Å²) in [6.45, 7) is 3.26. The van der Waals surface area contributed by atoms with E-state index < -0.39 is 0 Å². The van der Waals surface area contributed by atoms with Gasteiger partial charge in [-0.05, 0) is 38.0 Å². The lowest BCUT2D eigenvalue weighted by molar-refractivity contribution is -0.122. The topological polar surface area (TPSA) is 59.6 Å². The highest BCUT2D eigenvalue weighted by Crippen LogP contribution is 2.26. The van der Waals surface area contributed by atoms with Gasteiger partial charge in [0.25, 0.3) is 5.91 Å². The Morgan fingerprint density at radius 3 is 2.85 bits per heavy atom. The average Bonchev–Trinajstić information content (AvgIpc) is 3.27. The van der Waals surface area contributed by atoms with Crippen molar-refractivity contribution in [3.63, 3.8) is 0 Å². The van der Waals surface area contributed by atoms with E-state index in [0.717, 1.165) is 23.6 Å². The fraction of sp³-hybridized carbons (Fsp3) is 0.533. The zero-order valence-electron chi connectivity index (χ0n) is 12.1. The second-order valence-corrected chi connectivity index (χ2v) is 4.87. The molecule has 0 radical (unpaired) electrons. The molecule has 110 valence electrons. The van der Waals surface area contributed by atoms with Gasteiger partial charge in [-0.25, -0.2) is 0 Å². The van der Waals surface area contributed by atoms with Gasteiger partial charge in [0.15, 0.2) is 6.61 Å². The first kappa shape index (κ1) is 14.7. The summed E-state index contributed by atoms with van der Waals surface area (Å²) in [5.74, 6) is 1.41. The molecule has 2 rings (SSSR count). The normalized spacial score (nSPS) is 13.9. The van der Waals surface area contributed by atoms with Gasteiger partial charge in [-0.3, -0.25) is 4.79 Å². The fourth-order valence-electron chi connectivity index (χ4n) is 1.89. The van der Waals surface area contributed by atoms with Crippen LogP contribution in [0.1, 0.15) is 25.3 Å². The Balaban J connectivity index is 1.98. The maximum absolute atomic E-state index is 11.5. The number of nitrogens with one attached hydrogen (secondary N) is 2. The summed E-state index contributed by atoms with van der Waals surface area (Å²) in [7, 11) is 1.64. The molecule has 20 heavy (non-hydrogen) atoms. The number of methoxy groups -OCH3 is 1. The molecule has 1 amide bonds. The number of benzene rings is 1. The van der Waals surface area contributed by atoms with Crippen molar-refractivity contribution in [2.75, 3.05) is 20.3 Å². The molecule has 2 N–H and O–H groups in total. The predicted octanol–water partition coefficient (Wildman–Crippen LogP) is 1.46. The molecule has 0 atom stereocenters. The minimum Gasteiger partial charge on any atom is -0.497 e. The molecule has 1 fully saturated rings. The van der Waals surface area contributed by atoms with Crippen molar-refractivity contribution < 1.29 is 14.3 Å². The number of ether oxygens (including phenoxy) is 2. The van der Waals surface area contributed by atoms with Gasteiger partial charge >= 0.3 is 0 Å². The Morgan fingerprint density at radius 1 is 1.40 bits per heavy atom. The maximum Gasteiger partial charge on any atom is 0.257 e. The Bertz CT molecular complexity index is 458. The van der Waals surface area contributed by atoms with Gasteiger partial charge in [0.05, 0.1) is 7.11 Å². The highest BCUT2D eigenvalue weighted by atomic mass is 16.5. The summed E-state index contributed by atoms with van der Waals surface area (Å²) in [6, 6.07) is 6.26. The SMILES string of the molecule is CCNC(=O)COc1ccc(OC)cc1CNC1CC1. The number of amides is 1. The van der Waals surface area contributed by atoms with Gasteiger partial charge in [-0.15, -0.1) is 0 Å². The molecular formula is C15H22N2O3. The molecule has 1 saturated carbocycles. The van der Waals surface area contributed by atoms with Crippen molar-refractivity contribution in [2.45, 2.75) is 32.4 Å². The maximum atomic E-state index is 11.5. The van der Waals surface area contributed by atoms with Crippen LogP contribution >= 0.6 is 0 Å². The second-order valence-electron chi connectivity index (χ2n) is 4.87. The Kier molecular flexibility index (Phi) is 5.24. The molecule has 1 aromatic rings. The number of rotatable bonds is 8. The van der Waals surface area contributed by atoms with Gasteiger partial charge in [-0.2, -0.15) is 0 Å². The Morgan fingerprint density at radius 2 is 2.20 bits per heavy atom. The van der Waals surface area contributed by atoms with Gasteiger partial charge in [0.2, 0.25) is 0 Å². The van der Waals surface area contributed by atoms with Crippen LogP contribution in [0.5, 0.6) is 11.5 Å². The van der Waals surface area contributed by atoms with Crippen molar-refractivity contribution in [3.8, 4) is 11.5 Å². The smallest absolute Gasteiger partial charge is 0.257 e. The number of likely N-dealkylation sites (N-methyl/N-ethyl adjacent to an activating group) is 1. The van der Waals surface area contributed by atoms with Crippen molar-refractivity contribution >= 4 is 5.91 Å². The third-order valence-electron chi connectivity index (χ3n) is 3.16. The molecule has 5 heteroatoms. The first-order valence-corrected chi connectivity index (χ1v) is 7.02. The standard InChI is InChI=1S/C15H22N2O3/c1-3-16-15(18)10-20-14-7-6-13(19-2)8-11(14)9-17-12-4-5-12/h6-8,12,17H,3-5,9-10H2,1-2H3,(H,16,18). The Hall–Kier alpha value is -1.75. The minimum atomic E-state index is -0.107. The molecule has 0 unspecified atom stereocenters. The van der Waals surface area contributed by atoms with E-state index >= 15 is 0 Å². The molecule has 1 aliphatic carbocycles. The summed E-state index contributed by atoms with van der Waals surface area (Å²) in [5, 5.41) is 6.16. The largest absolute Gasteiger partial charge is 0.497 e. The number of hydrogen-bond donors (Lipinski definition) is 2. The van der Waals surface area contributed by atoms with E-state index in [1.54, 1.807) is 7.11 Å². The highest BCUT2D eigenvalue weighted by Gasteiger charge is 2.20. The predicted molar refractivity (Wildman–Crippen MR) is 77.0 cm³/mol. The number of carbonyl (C=O) groups is 1. The lowest BCUT2D eigenvalue weighted by Crippen LogP contribution is -2.28. The van der Waals surface area contributed by atoms with E-state index in [0.29, 0.717) is 12.6 Å². The van der Waals surface area contributed by atoms with Crippen LogP contribution in [0, 0.1) is 0 Å². The van der Waals surface area contributed by atoms with E-state index in [2.05, 4.69) is 10.6 Å². The quantitative estimate of drug-likeness (QED) is 0.756. The fourth-order valence-corrected chi connectivity index (χ4v) is 1.89. The number of carbonyl (C=O) groups excluding carboxylic acids is 1. The van der Waals surface area contributed by atoms with Crippen molar-refractivity contribution in [1.29, 1.82) is 0 Å². The van der Waals surface area contributed by atoms with E-state index in [4.69, 9.17) is 9.47 Å². The summed E-state index contributed by atoms with van der Waals surface area (Å²) in [5.41, 5.74) is 1.01. The van der Waals surface area contributed by atoms with E-state index in [1.165, 1.54) is 12.8 Å². The Labute approximate surface area is 119 Å². The molecule has 0 heterocycles. The van der Waals surface area contributed by atoms with E-state index in [-0.39, 0.29) is 12.5 Å². The lowest BCUT2D eigenvalue weighted by atomic mass is 10.2. The molecule has 0 bridgehead atoms. The van der Waals surface area contributed by atoms with Gasteiger partial charge in [0, 0.05) is 24.7 Å². The zero-order chi connectivity index (χ0) is 14.4. The monoisotopic (exact) mass is 278 g/mol. The van der Waals surface area contributed by atoms with Crippen LogP contribution in [0.3, 0.4) is 0 Å². The third-order valence-corrected chi connectivity index (χ3v) is 3.16. The van der Waals surface area contributed by atoms with Crippen LogP contribution in [-0.4, -0.2) is 32.2 Å². The molecule has 5 nitrogen and oxygen atoms in total. The summed E-state index contributed by atoms with van der Waals surface area (Å²) in [4.78, 5) is 11.5.